The lowest BCUT2D eigenvalue weighted by atomic mass is 9.91. The van der Waals surface area contributed by atoms with Gasteiger partial charge in [-0.3, -0.25) is 9.78 Å². The van der Waals surface area contributed by atoms with Gasteiger partial charge in [-0.2, -0.15) is 0 Å². The van der Waals surface area contributed by atoms with Crippen LogP contribution in [0.4, 0.5) is 4.39 Å². The number of piperidine rings is 1. The van der Waals surface area contributed by atoms with Gasteiger partial charge in [0.15, 0.2) is 0 Å². The SMILES string of the molecule is Cc1cc(-c2ccc(F)cc2)cc([C@H]2CCCN(C(=O)c3ccc4c(c3)nc(C)n4C)C2)n1. The van der Waals surface area contributed by atoms with E-state index in [0.717, 1.165) is 58.8 Å². The summed E-state index contributed by atoms with van der Waals surface area (Å²) in [4.78, 5) is 24.6. The monoisotopic (exact) mass is 442 g/mol. The largest absolute Gasteiger partial charge is 0.338 e. The number of carbonyl (C=O) groups is 1. The fraction of sp³-hybridized carbons (Fsp3) is 0.296. The molecule has 0 radical (unpaired) electrons. The van der Waals surface area contributed by atoms with Crippen molar-refractivity contribution in [2.45, 2.75) is 32.6 Å². The molecule has 1 saturated heterocycles. The molecule has 0 bridgehead atoms. The molecule has 0 N–H and O–H groups in total. The summed E-state index contributed by atoms with van der Waals surface area (Å²) in [6, 6.07) is 16.4. The third kappa shape index (κ3) is 4.13. The Hall–Kier alpha value is -3.54. The van der Waals surface area contributed by atoms with E-state index < -0.39 is 0 Å². The Bertz CT molecular complexity index is 1340. The molecule has 4 aromatic rings. The Balaban J connectivity index is 1.39. The van der Waals surface area contributed by atoms with Crippen LogP contribution in [0.15, 0.2) is 54.6 Å². The number of carbonyl (C=O) groups excluding carboxylic acids is 1. The van der Waals surface area contributed by atoms with Crippen LogP contribution in [0, 0.1) is 19.7 Å². The van der Waals surface area contributed by atoms with Gasteiger partial charge in [0.1, 0.15) is 11.6 Å². The average Bonchev–Trinajstić information content (AvgIpc) is 3.11. The summed E-state index contributed by atoms with van der Waals surface area (Å²) in [5.41, 5.74) is 6.44. The minimum absolute atomic E-state index is 0.0383. The van der Waals surface area contributed by atoms with E-state index in [1.165, 1.54) is 12.1 Å². The number of likely N-dealkylation sites (tertiary alicyclic amines) is 1. The van der Waals surface area contributed by atoms with Gasteiger partial charge in [-0.15, -0.1) is 0 Å². The Kier molecular flexibility index (Phi) is 5.44. The summed E-state index contributed by atoms with van der Waals surface area (Å²) in [5.74, 6) is 0.888. The summed E-state index contributed by atoms with van der Waals surface area (Å²) in [6.07, 6.45) is 1.92. The first kappa shape index (κ1) is 21.3. The second kappa shape index (κ2) is 8.43. The highest BCUT2D eigenvalue weighted by Gasteiger charge is 2.27. The van der Waals surface area contributed by atoms with Gasteiger partial charge in [0, 0.05) is 43.0 Å². The Morgan fingerprint density at radius 1 is 1.00 bits per heavy atom. The lowest BCUT2D eigenvalue weighted by molar-refractivity contribution is 0.0706. The molecule has 0 saturated carbocycles. The van der Waals surface area contributed by atoms with E-state index >= 15 is 0 Å². The molecule has 0 unspecified atom stereocenters. The zero-order valence-electron chi connectivity index (χ0n) is 19.2. The molecule has 1 fully saturated rings. The van der Waals surface area contributed by atoms with Crippen LogP contribution in [0.5, 0.6) is 0 Å². The van der Waals surface area contributed by atoms with Crippen LogP contribution < -0.4 is 0 Å². The van der Waals surface area contributed by atoms with Crippen molar-refractivity contribution in [3.05, 3.63) is 83.2 Å². The van der Waals surface area contributed by atoms with Crippen LogP contribution in [-0.4, -0.2) is 38.4 Å². The average molecular weight is 443 g/mol. The van der Waals surface area contributed by atoms with Gasteiger partial charge in [-0.25, -0.2) is 9.37 Å². The predicted octanol–water partition coefficient (Wildman–Crippen LogP) is 5.41. The highest BCUT2D eigenvalue weighted by Crippen LogP contribution is 2.30. The molecule has 33 heavy (non-hydrogen) atoms. The molecule has 1 aliphatic rings. The Morgan fingerprint density at radius 2 is 1.79 bits per heavy atom. The van der Waals surface area contributed by atoms with Gasteiger partial charge in [0.05, 0.1) is 11.0 Å². The molecule has 3 heterocycles. The fourth-order valence-electron chi connectivity index (χ4n) is 4.75. The molecule has 0 spiro atoms. The van der Waals surface area contributed by atoms with Crippen molar-refractivity contribution >= 4 is 16.9 Å². The summed E-state index contributed by atoms with van der Waals surface area (Å²) >= 11 is 0. The Labute approximate surface area is 192 Å². The van der Waals surface area contributed by atoms with Crippen molar-refractivity contribution in [3.63, 3.8) is 0 Å². The fourth-order valence-corrected chi connectivity index (χ4v) is 4.75. The second-order valence-electron chi connectivity index (χ2n) is 8.94. The number of aromatic nitrogens is 3. The number of hydrogen-bond donors (Lipinski definition) is 0. The van der Waals surface area contributed by atoms with Crippen LogP contribution in [0.2, 0.25) is 0 Å². The maximum absolute atomic E-state index is 13.4. The van der Waals surface area contributed by atoms with E-state index in [-0.39, 0.29) is 17.6 Å². The molecule has 1 aliphatic heterocycles. The number of imidazole rings is 1. The van der Waals surface area contributed by atoms with E-state index in [0.29, 0.717) is 12.1 Å². The molecule has 5 nitrogen and oxygen atoms in total. The number of amides is 1. The number of aryl methyl sites for hydroxylation is 3. The second-order valence-corrected chi connectivity index (χ2v) is 8.94. The molecule has 1 amide bonds. The van der Waals surface area contributed by atoms with Gasteiger partial charge in [0.25, 0.3) is 5.91 Å². The molecule has 1 atom stereocenters. The third-order valence-corrected chi connectivity index (χ3v) is 6.63. The van der Waals surface area contributed by atoms with Crippen molar-refractivity contribution in [2.75, 3.05) is 13.1 Å². The van der Waals surface area contributed by atoms with Gasteiger partial charge in [-0.05, 0) is 80.3 Å². The molecule has 2 aromatic carbocycles. The van der Waals surface area contributed by atoms with Gasteiger partial charge in [0.2, 0.25) is 0 Å². The smallest absolute Gasteiger partial charge is 0.253 e. The number of hydrogen-bond acceptors (Lipinski definition) is 3. The van der Waals surface area contributed by atoms with Crippen molar-refractivity contribution in [2.24, 2.45) is 7.05 Å². The minimum Gasteiger partial charge on any atom is -0.338 e. The number of nitrogens with zero attached hydrogens (tertiary/aromatic N) is 4. The number of rotatable bonds is 3. The molecule has 6 heteroatoms. The normalized spacial score (nSPS) is 16.4. The topological polar surface area (TPSA) is 51.0 Å². The minimum atomic E-state index is -0.245. The van der Waals surface area contributed by atoms with Crippen LogP contribution in [0.1, 0.15) is 46.3 Å². The molecular weight excluding hydrogens is 415 g/mol. The van der Waals surface area contributed by atoms with Crippen molar-refractivity contribution in [1.82, 2.24) is 19.4 Å². The summed E-state index contributed by atoms with van der Waals surface area (Å²) in [7, 11) is 1.98. The summed E-state index contributed by atoms with van der Waals surface area (Å²) < 4.78 is 15.4. The number of fused-ring (bicyclic) bond motifs is 1. The highest BCUT2D eigenvalue weighted by molar-refractivity contribution is 5.97. The standard InChI is InChI=1S/C27H27FN4O/c1-17-13-22(19-6-9-23(28)10-7-19)15-24(29-17)21-5-4-12-32(16-21)27(33)20-8-11-26-25(14-20)30-18(2)31(26)3/h6-11,13-15,21H,4-5,12,16H2,1-3H3/t21-/m0/s1. The number of halogens is 1. The van der Waals surface area contributed by atoms with Crippen molar-refractivity contribution in [3.8, 4) is 11.1 Å². The lowest BCUT2D eigenvalue weighted by Crippen LogP contribution is -2.39. The van der Waals surface area contributed by atoms with Gasteiger partial charge in [-0.1, -0.05) is 12.1 Å². The molecule has 5 rings (SSSR count). The van der Waals surface area contributed by atoms with Crippen LogP contribution in [0.3, 0.4) is 0 Å². The van der Waals surface area contributed by atoms with E-state index in [9.17, 15) is 9.18 Å². The zero-order valence-corrected chi connectivity index (χ0v) is 19.2. The summed E-state index contributed by atoms with van der Waals surface area (Å²) in [6.45, 7) is 5.32. The van der Waals surface area contributed by atoms with Crippen LogP contribution >= 0.6 is 0 Å². The van der Waals surface area contributed by atoms with Gasteiger partial charge < -0.3 is 9.47 Å². The van der Waals surface area contributed by atoms with Gasteiger partial charge >= 0.3 is 0 Å². The Morgan fingerprint density at radius 3 is 2.58 bits per heavy atom. The van der Waals surface area contributed by atoms with Crippen molar-refractivity contribution in [1.29, 1.82) is 0 Å². The van der Waals surface area contributed by atoms with E-state index in [1.54, 1.807) is 12.1 Å². The molecule has 0 aliphatic carbocycles. The predicted molar refractivity (Wildman–Crippen MR) is 128 cm³/mol. The van der Waals surface area contributed by atoms with E-state index in [1.807, 2.05) is 54.6 Å². The maximum Gasteiger partial charge on any atom is 0.253 e. The number of benzene rings is 2. The van der Waals surface area contributed by atoms with E-state index in [4.69, 9.17) is 4.98 Å². The maximum atomic E-state index is 13.4. The first-order chi connectivity index (χ1) is 15.9. The molecule has 168 valence electrons. The lowest BCUT2D eigenvalue weighted by Gasteiger charge is -2.33. The molecular formula is C27H27FN4O. The number of pyridine rings is 1. The van der Waals surface area contributed by atoms with Crippen molar-refractivity contribution < 1.29 is 9.18 Å². The quantitative estimate of drug-likeness (QED) is 0.426. The zero-order chi connectivity index (χ0) is 23.1. The first-order valence-corrected chi connectivity index (χ1v) is 11.4. The van der Waals surface area contributed by atoms with Crippen LogP contribution in [0.25, 0.3) is 22.2 Å². The third-order valence-electron chi connectivity index (χ3n) is 6.63. The molecule has 2 aromatic heterocycles. The summed E-state index contributed by atoms with van der Waals surface area (Å²) in [5, 5.41) is 0. The van der Waals surface area contributed by atoms with Crippen LogP contribution in [-0.2, 0) is 7.05 Å². The first-order valence-electron chi connectivity index (χ1n) is 11.4. The van der Waals surface area contributed by atoms with E-state index in [2.05, 4.69) is 11.1 Å². The highest BCUT2D eigenvalue weighted by atomic mass is 19.1.